The molecular weight excluding hydrogens is 252 g/mol. The van der Waals surface area contributed by atoms with E-state index in [1.165, 1.54) is 11.3 Å². The van der Waals surface area contributed by atoms with E-state index in [-0.39, 0.29) is 5.91 Å². The van der Waals surface area contributed by atoms with Crippen molar-refractivity contribution in [2.24, 2.45) is 5.92 Å². The first-order valence-electron chi connectivity index (χ1n) is 5.88. The number of aromatic nitrogens is 1. The number of likely N-dealkylation sites (tertiary alicyclic amines) is 1. The third-order valence-electron chi connectivity index (χ3n) is 3.04. The number of rotatable bonds is 4. The van der Waals surface area contributed by atoms with Crippen molar-refractivity contribution < 1.29 is 9.53 Å². The van der Waals surface area contributed by atoms with Crippen molar-refractivity contribution in [3.63, 3.8) is 0 Å². The topological polar surface area (TPSA) is 80.5 Å². The molecule has 1 aromatic rings. The van der Waals surface area contributed by atoms with Crippen molar-refractivity contribution in [2.45, 2.75) is 6.42 Å². The van der Waals surface area contributed by atoms with Crippen LogP contribution in [0.5, 0.6) is 0 Å². The Bertz CT molecular complexity index is 435. The molecule has 0 bridgehead atoms. The number of nitrogen functional groups attached to an aromatic ring is 1. The number of carbonyl (C=O) groups is 1. The maximum atomic E-state index is 12.3. The van der Waals surface area contributed by atoms with Gasteiger partial charge in [-0.15, -0.1) is 0 Å². The second-order valence-corrected chi connectivity index (χ2v) is 5.34. The number of thiazole rings is 1. The monoisotopic (exact) mass is 270 g/mol. The molecule has 0 aromatic carbocycles. The van der Waals surface area contributed by atoms with Gasteiger partial charge in [0.2, 0.25) is 0 Å². The van der Waals surface area contributed by atoms with Gasteiger partial charge >= 0.3 is 0 Å². The first-order valence-corrected chi connectivity index (χ1v) is 6.69. The summed E-state index contributed by atoms with van der Waals surface area (Å²) in [6.07, 6.45) is 0.983. The zero-order valence-corrected chi connectivity index (χ0v) is 11.4. The van der Waals surface area contributed by atoms with Crippen LogP contribution < -0.4 is 11.1 Å². The molecule has 1 atom stereocenters. The van der Waals surface area contributed by atoms with Crippen LogP contribution in [0.1, 0.15) is 16.1 Å². The Labute approximate surface area is 110 Å². The maximum absolute atomic E-state index is 12.3. The van der Waals surface area contributed by atoms with Gasteiger partial charge in [-0.25, -0.2) is 4.98 Å². The molecule has 1 aromatic heterocycles. The van der Waals surface area contributed by atoms with Crippen LogP contribution in [-0.2, 0) is 4.74 Å². The lowest BCUT2D eigenvalue weighted by molar-refractivity contribution is 0.0781. The lowest BCUT2D eigenvalue weighted by Gasteiger charge is -2.15. The molecule has 100 valence electrons. The summed E-state index contributed by atoms with van der Waals surface area (Å²) in [6, 6.07) is 0. The number of nitrogens with two attached hydrogens (primary N) is 1. The number of ether oxygens (including phenoxy) is 1. The Morgan fingerprint density at radius 1 is 1.72 bits per heavy atom. The highest BCUT2D eigenvalue weighted by Crippen LogP contribution is 2.28. The van der Waals surface area contributed by atoms with E-state index in [2.05, 4.69) is 10.3 Å². The molecule has 6 nitrogen and oxygen atoms in total. The number of nitrogens with zero attached hydrogens (tertiary/aromatic N) is 2. The average molecular weight is 270 g/mol. The Balaban J connectivity index is 2.05. The molecular formula is C11H18N4O2S. The van der Waals surface area contributed by atoms with Gasteiger partial charge in [0.15, 0.2) is 5.13 Å². The zero-order chi connectivity index (χ0) is 13.1. The van der Waals surface area contributed by atoms with Crippen molar-refractivity contribution in [3.8, 4) is 0 Å². The third kappa shape index (κ3) is 2.56. The summed E-state index contributed by atoms with van der Waals surface area (Å²) < 4.78 is 5.12. The van der Waals surface area contributed by atoms with Crippen LogP contribution in [0.25, 0.3) is 0 Å². The maximum Gasteiger partial charge on any atom is 0.267 e. The van der Waals surface area contributed by atoms with Gasteiger partial charge in [-0.2, -0.15) is 0 Å². The summed E-state index contributed by atoms with van der Waals surface area (Å²) in [4.78, 5) is 18.7. The number of nitrogens with one attached hydrogen (secondary N) is 1. The molecule has 1 aliphatic heterocycles. The van der Waals surface area contributed by atoms with E-state index < -0.39 is 0 Å². The Morgan fingerprint density at radius 2 is 2.50 bits per heavy atom. The molecule has 1 saturated heterocycles. The van der Waals surface area contributed by atoms with Crippen LogP contribution in [0.4, 0.5) is 10.9 Å². The molecule has 0 aliphatic carbocycles. The molecule has 1 aliphatic rings. The molecule has 3 N–H and O–H groups in total. The van der Waals surface area contributed by atoms with Crippen LogP contribution in [0.3, 0.4) is 0 Å². The van der Waals surface area contributed by atoms with E-state index >= 15 is 0 Å². The fourth-order valence-electron chi connectivity index (χ4n) is 2.12. The number of hydrogen-bond acceptors (Lipinski definition) is 6. The average Bonchev–Trinajstić information content (AvgIpc) is 2.95. The number of methoxy groups -OCH3 is 1. The van der Waals surface area contributed by atoms with Crippen LogP contribution in [-0.4, -0.2) is 49.6 Å². The first kappa shape index (κ1) is 13.1. The van der Waals surface area contributed by atoms with Crippen molar-refractivity contribution in [1.82, 2.24) is 9.88 Å². The van der Waals surface area contributed by atoms with Gasteiger partial charge in [-0.1, -0.05) is 11.3 Å². The fourth-order valence-corrected chi connectivity index (χ4v) is 2.93. The second kappa shape index (κ2) is 5.53. The summed E-state index contributed by atoms with van der Waals surface area (Å²) in [5.74, 6) is 0.714. The fraction of sp³-hybridized carbons (Fsp3) is 0.636. The van der Waals surface area contributed by atoms with Crippen LogP contribution >= 0.6 is 11.3 Å². The number of anilines is 2. The van der Waals surface area contributed by atoms with E-state index in [1.54, 1.807) is 14.2 Å². The SMILES string of the molecule is CNc1nc(N)c(C(=O)N2CCC(COC)C2)s1. The number of hydrogen-bond donors (Lipinski definition) is 2. The second-order valence-electron chi connectivity index (χ2n) is 4.34. The van der Waals surface area contributed by atoms with Gasteiger partial charge in [0.25, 0.3) is 5.91 Å². The molecule has 1 unspecified atom stereocenters. The van der Waals surface area contributed by atoms with E-state index in [4.69, 9.17) is 10.5 Å². The van der Waals surface area contributed by atoms with Gasteiger partial charge < -0.3 is 20.7 Å². The predicted octanol–water partition coefficient (Wildman–Crippen LogP) is 0.875. The van der Waals surface area contributed by atoms with Crippen LogP contribution in [0.2, 0.25) is 0 Å². The van der Waals surface area contributed by atoms with Gasteiger partial charge in [0.1, 0.15) is 10.7 Å². The Hall–Kier alpha value is -1.34. The highest BCUT2D eigenvalue weighted by Gasteiger charge is 2.29. The van der Waals surface area contributed by atoms with E-state index in [9.17, 15) is 4.79 Å². The smallest absolute Gasteiger partial charge is 0.267 e. The lowest BCUT2D eigenvalue weighted by Crippen LogP contribution is -2.29. The summed E-state index contributed by atoms with van der Waals surface area (Å²) in [7, 11) is 3.45. The molecule has 0 radical (unpaired) electrons. The van der Waals surface area contributed by atoms with Gasteiger partial charge in [0, 0.05) is 33.2 Å². The standard InChI is InChI=1S/C11H18N4O2S/c1-13-11-14-9(12)8(18-11)10(16)15-4-3-7(5-15)6-17-2/h7H,3-6,12H2,1-2H3,(H,13,14). The minimum absolute atomic E-state index is 0.0231. The predicted molar refractivity (Wildman–Crippen MR) is 72.0 cm³/mol. The first-order chi connectivity index (χ1) is 8.65. The molecule has 18 heavy (non-hydrogen) atoms. The van der Waals surface area contributed by atoms with Gasteiger partial charge in [-0.05, 0) is 6.42 Å². The van der Waals surface area contributed by atoms with Gasteiger partial charge in [0.05, 0.1) is 6.61 Å². The summed E-state index contributed by atoms with van der Waals surface area (Å²) in [6.45, 7) is 2.20. The largest absolute Gasteiger partial charge is 0.384 e. The summed E-state index contributed by atoms with van der Waals surface area (Å²) in [5.41, 5.74) is 5.77. The quantitative estimate of drug-likeness (QED) is 0.848. The highest BCUT2D eigenvalue weighted by molar-refractivity contribution is 7.18. The van der Waals surface area contributed by atoms with E-state index in [0.717, 1.165) is 19.5 Å². The van der Waals surface area contributed by atoms with Crippen molar-refractivity contribution in [3.05, 3.63) is 4.88 Å². The normalized spacial score (nSPS) is 19.2. The molecule has 1 amide bonds. The Kier molecular flexibility index (Phi) is 4.03. The molecule has 7 heteroatoms. The number of carbonyl (C=O) groups excluding carboxylic acids is 1. The minimum atomic E-state index is -0.0231. The third-order valence-corrected chi connectivity index (χ3v) is 4.11. The van der Waals surface area contributed by atoms with Crippen molar-refractivity contribution in [2.75, 3.05) is 44.9 Å². The van der Waals surface area contributed by atoms with Crippen molar-refractivity contribution >= 4 is 28.2 Å². The van der Waals surface area contributed by atoms with E-state index in [0.29, 0.717) is 28.4 Å². The zero-order valence-electron chi connectivity index (χ0n) is 10.6. The molecule has 0 saturated carbocycles. The molecule has 1 fully saturated rings. The molecule has 0 spiro atoms. The molecule has 2 rings (SSSR count). The van der Waals surface area contributed by atoms with Gasteiger partial charge in [-0.3, -0.25) is 4.79 Å². The minimum Gasteiger partial charge on any atom is -0.384 e. The Morgan fingerprint density at radius 3 is 3.11 bits per heavy atom. The van der Waals surface area contributed by atoms with Crippen molar-refractivity contribution in [1.29, 1.82) is 0 Å². The van der Waals surface area contributed by atoms with Crippen LogP contribution in [0.15, 0.2) is 0 Å². The molecule has 2 heterocycles. The van der Waals surface area contributed by atoms with E-state index in [1.807, 2.05) is 4.90 Å². The number of amides is 1. The van der Waals surface area contributed by atoms with Crippen LogP contribution in [0, 0.1) is 5.92 Å². The summed E-state index contributed by atoms with van der Waals surface area (Å²) >= 11 is 1.30. The highest BCUT2D eigenvalue weighted by atomic mass is 32.1. The summed E-state index contributed by atoms with van der Waals surface area (Å²) in [5, 5.41) is 3.57. The lowest BCUT2D eigenvalue weighted by atomic mass is 10.1.